The molecular formula is C7H6KNO4. The predicted molar refractivity (Wildman–Crippen MR) is 47.2 cm³/mol. The minimum atomic E-state index is -1.17. The first-order valence-corrected chi connectivity index (χ1v) is 3.09. The van der Waals surface area contributed by atoms with Crippen molar-refractivity contribution in [2.45, 2.75) is 0 Å². The molecule has 0 unspecified atom stereocenters. The molecule has 0 aliphatic rings. The van der Waals surface area contributed by atoms with Crippen molar-refractivity contribution >= 4 is 63.0 Å². The number of nitrogens with zero attached hydrogens (tertiary/aromatic N) is 1. The molecule has 0 aliphatic carbocycles. The molecule has 0 spiro atoms. The Hall–Kier alpha value is -0.274. The third-order valence-electron chi connectivity index (χ3n) is 1.30. The Bertz CT molecular complexity index is 310. The summed E-state index contributed by atoms with van der Waals surface area (Å²) in [6.07, 6.45) is 0. The second kappa shape index (κ2) is 5.46. The van der Waals surface area contributed by atoms with E-state index in [4.69, 9.17) is 5.11 Å². The summed E-state index contributed by atoms with van der Waals surface area (Å²) in [4.78, 5) is 19.9. The van der Waals surface area contributed by atoms with Crippen molar-refractivity contribution in [2.24, 2.45) is 0 Å². The number of nitro benzene ring substituents is 1. The van der Waals surface area contributed by atoms with Gasteiger partial charge >= 0.3 is 57.4 Å². The van der Waals surface area contributed by atoms with Crippen LogP contribution in [0.15, 0.2) is 24.3 Å². The molecule has 0 saturated heterocycles. The zero-order chi connectivity index (χ0) is 9.14. The second-order valence-corrected chi connectivity index (χ2v) is 2.11. The van der Waals surface area contributed by atoms with E-state index < -0.39 is 10.9 Å². The molecular weight excluding hydrogens is 201 g/mol. The second-order valence-electron chi connectivity index (χ2n) is 2.11. The zero-order valence-electron chi connectivity index (χ0n) is 5.93. The van der Waals surface area contributed by atoms with Crippen LogP contribution in [-0.2, 0) is 0 Å². The SMILES string of the molecule is O=C(O)c1cccc([N+](=O)[O-])c1.[KH]. The van der Waals surface area contributed by atoms with Gasteiger partial charge in [-0.2, -0.15) is 0 Å². The number of rotatable bonds is 2. The normalized spacial score (nSPS) is 8.62. The van der Waals surface area contributed by atoms with Crippen LogP contribution in [0.4, 0.5) is 5.69 Å². The molecule has 64 valence electrons. The van der Waals surface area contributed by atoms with Crippen molar-refractivity contribution in [3.8, 4) is 0 Å². The predicted octanol–water partition coefficient (Wildman–Crippen LogP) is 0.644. The van der Waals surface area contributed by atoms with E-state index in [2.05, 4.69) is 0 Å². The standard InChI is InChI=1S/C7H5NO4.K.H/c9-7(10)5-2-1-3-6(4-5)8(11)12;;/h1-4H,(H,9,10);;. The van der Waals surface area contributed by atoms with E-state index in [-0.39, 0.29) is 62.6 Å². The average molecular weight is 207 g/mol. The number of nitro groups is 1. The van der Waals surface area contributed by atoms with Crippen LogP contribution in [0.5, 0.6) is 0 Å². The third kappa shape index (κ3) is 3.53. The summed E-state index contributed by atoms with van der Waals surface area (Å²) < 4.78 is 0. The van der Waals surface area contributed by atoms with Gasteiger partial charge in [0.1, 0.15) is 0 Å². The van der Waals surface area contributed by atoms with Crippen LogP contribution in [0.3, 0.4) is 0 Å². The number of carboxylic acid groups (broad SMARTS) is 1. The Morgan fingerprint density at radius 1 is 1.46 bits per heavy atom. The maximum atomic E-state index is 10.4. The van der Waals surface area contributed by atoms with Crippen LogP contribution >= 0.6 is 0 Å². The average Bonchev–Trinajstić information content (AvgIpc) is 2.04. The molecule has 0 saturated carbocycles. The molecule has 0 atom stereocenters. The molecule has 0 aromatic heterocycles. The van der Waals surface area contributed by atoms with Gasteiger partial charge in [0.05, 0.1) is 10.5 Å². The van der Waals surface area contributed by atoms with Crippen molar-refractivity contribution in [1.82, 2.24) is 0 Å². The molecule has 6 heteroatoms. The van der Waals surface area contributed by atoms with Gasteiger partial charge in [0.25, 0.3) is 5.69 Å². The monoisotopic (exact) mass is 207 g/mol. The molecule has 0 heterocycles. The molecule has 0 fully saturated rings. The number of aromatic carboxylic acids is 1. The number of non-ortho nitro benzene ring substituents is 1. The summed E-state index contributed by atoms with van der Waals surface area (Å²) in [6, 6.07) is 4.89. The Labute approximate surface area is 116 Å². The van der Waals surface area contributed by atoms with Gasteiger partial charge in [0.2, 0.25) is 0 Å². The topological polar surface area (TPSA) is 80.4 Å². The Kier molecular flexibility index (Phi) is 5.34. The van der Waals surface area contributed by atoms with E-state index in [0.717, 1.165) is 6.07 Å². The van der Waals surface area contributed by atoms with Crippen molar-refractivity contribution in [3.63, 3.8) is 0 Å². The molecule has 0 aliphatic heterocycles. The fraction of sp³-hybridized carbons (Fsp3) is 0. The number of carbonyl (C=O) groups is 1. The van der Waals surface area contributed by atoms with Crippen molar-refractivity contribution in [1.29, 1.82) is 0 Å². The Morgan fingerprint density at radius 3 is 2.54 bits per heavy atom. The van der Waals surface area contributed by atoms with E-state index in [1.165, 1.54) is 18.2 Å². The van der Waals surface area contributed by atoms with Crippen LogP contribution in [0.2, 0.25) is 0 Å². The minimum absolute atomic E-state index is 0. The molecule has 0 radical (unpaired) electrons. The first-order chi connectivity index (χ1) is 5.61. The molecule has 5 nitrogen and oxygen atoms in total. The van der Waals surface area contributed by atoms with Crippen molar-refractivity contribution in [2.75, 3.05) is 0 Å². The van der Waals surface area contributed by atoms with Crippen molar-refractivity contribution in [3.05, 3.63) is 39.9 Å². The van der Waals surface area contributed by atoms with E-state index in [9.17, 15) is 14.9 Å². The van der Waals surface area contributed by atoms with Gasteiger partial charge in [-0.3, -0.25) is 10.1 Å². The van der Waals surface area contributed by atoms with Gasteiger partial charge in [-0.15, -0.1) is 0 Å². The van der Waals surface area contributed by atoms with Gasteiger partial charge in [-0.1, -0.05) is 6.07 Å². The van der Waals surface area contributed by atoms with E-state index in [0.29, 0.717) is 0 Å². The summed E-state index contributed by atoms with van der Waals surface area (Å²) >= 11 is 0. The van der Waals surface area contributed by atoms with Crippen LogP contribution in [-0.4, -0.2) is 67.4 Å². The summed E-state index contributed by atoms with van der Waals surface area (Å²) in [5.41, 5.74) is -0.292. The van der Waals surface area contributed by atoms with E-state index >= 15 is 0 Å². The number of hydrogen-bond acceptors (Lipinski definition) is 3. The maximum absolute atomic E-state index is 10.4. The zero-order valence-corrected chi connectivity index (χ0v) is 5.93. The quantitative estimate of drug-likeness (QED) is 0.438. The first kappa shape index (κ1) is 12.7. The molecule has 0 bridgehead atoms. The van der Waals surface area contributed by atoms with E-state index in [1.54, 1.807) is 0 Å². The summed E-state index contributed by atoms with van der Waals surface area (Å²) in [5, 5.41) is 18.7. The number of benzene rings is 1. The molecule has 0 amide bonds. The van der Waals surface area contributed by atoms with Crippen LogP contribution < -0.4 is 0 Å². The summed E-state index contributed by atoms with van der Waals surface area (Å²) in [5.74, 6) is -1.17. The van der Waals surface area contributed by atoms with Gasteiger partial charge < -0.3 is 5.11 Å². The van der Waals surface area contributed by atoms with Gasteiger partial charge in [-0.05, 0) is 6.07 Å². The molecule has 1 rings (SSSR count). The summed E-state index contributed by atoms with van der Waals surface area (Å²) in [6.45, 7) is 0. The molecule has 1 aromatic carbocycles. The molecule has 1 N–H and O–H groups in total. The first-order valence-electron chi connectivity index (χ1n) is 3.09. The van der Waals surface area contributed by atoms with Gasteiger partial charge in [0, 0.05) is 12.1 Å². The number of hydrogen-bond donors (Lipinski definition) is 1. The fourth-order valence-corrected chi connectivity index (χ4v) is 0.753. The summed E-state index contributed by atoms with van der Waals surface area (Å²) in [7, 11) is 0. The van der Waals surface area contributed by atoms with Crippen molar-refractivity contribution < 1.29 is 14.8 Å². The van der Waals surface area contributed by atoms with Crippen LogP contribution in [0, 0.1) is 10.1 Å². The fourth-order valence-electron chi connectivity index (χ4n) is 0.753. The molecule has 13 heavy (non-hydrogen) atoms. The Morgan fingerprint density at radius 2 is 2.08 bits per heavy atom. The van der Waals surface area contributed by atoms with Crippen LogP contribution in [0.1, 0.15) is 10.4 Å². The van der Waals surface area contributed by atoms with E-state index in [1.807, 2.05) is 0 Å². The molecule has 1 aromatic rings. The third-order valence-corrected chi connectivity index (χ3v) is 1.30. The number of carboxylic acids is 1. The van der Waals surface area contributed by atoms with Gasteiger partial charge in [-0.25, -0.2) is 4.79 Å². The van der Waals surface area contributed by atoms with Gasteiger partial charge in [0.15, 0.2) is 0 Å². The van der Waals surface area contributed by atoms with Crippen LogP contribution in [0.25, 0.3) is 0 Å². The Balaban J connectivity index is 0.00000144.